The van der Waals surface area contributed by atoms with Crippen LogP contribution in [-0.4, -0.2) is 29.3 Å². The van der Waals surface area contributed by atoms with Gasteiger partial charge in [-0.3, -0.25) is 14.6 Å². The second-order valence-corrected chi connectivity index (χ2v) is 10.7. The molecule has 1 unspecified atom stereocenters. The van der Waals surface area contributed by atoms with Crippen LogP contribution >= 0.6 is 0 Å². The number of aromatic nitrogens is 1. The Hall–Kier alpha value is -3.15. The maximum Gasteiger partial charge on any atom is 0.239 e. The van der Waals surface area contributed by atoms with Gasteiger partial charge < -0.3 is 15.5 Å². The van der Waals surface area contributed by atoms with Crippen LogP contribution in [0, 0.1) is 5.41 Å². The average Bonchev–Trinajstić information content (AvgIpc) is 2.94. The third-order valence-electron chi connectivity index (χ3n) is 7.31. The molecule has 1 atom stereocenters. The summed E-state index contributed by atoms with van der Waals surface area (Å²) in [4.78, 5) is 33.3. The van der Waals surface area contributed by atoms with Gasteiger partial charge in [0.15, 0.2) is 5.78 Å². The van der Waals surface area contributed by atoms with Gasteiger partial charge in [-0.25, -0.2) is 0 Å². The number of carbonyl (C=O) groups excluding carboxylic acids is 2. The maximum absolute atomic E-state index is 13.6. The topological polar surface area (TPSA) is 74.3 Å². The van der Waals surface area contributed by atoms with E-state index in [0.717, 1.165) is 47.5 Å². The largest absolute Gasteiger partial charge is 0.357 e. The number of ketones is 1. The van der Waals surface area contributed by atoms with Crippen LogP contribution in [0.15, 0.2) is 60.1 Å². The number of pyridine rings is 1. The number of Topliss-reactive ketones (excluding diaryl/α,β-unsaturated/α-hetero) is 1. The van der Waals surface area contributed by atoms with E-state index in [2.05, 4.69) is 34.4 Å². The Bertz CT molecular complexity index is 1100. The number of carbonyl (C=O) groups is 2. The molecular formula is C28H34N4O2. The van der Waals surface area contributed by atoms with E-state index >= 15 is 0 Å². The molecule has 0 bridgehead atoms. The van der Waals surface area contributed by atoms with Crippen molar-refractivity contribution in [2.45, 2.75) is 70.9 Å². The fourth-order valence-electron chi connectivity index (χ4n) is 5.79. The summed E-state index contributed by atoms with van der Waals surface area (Å²) in [6.07, 6.45) is 10.5. The van der Waals surface area contributed by atoms with Gasteiger partial charge in [-0.1, -0.05) is 45.2 Å². The van der Waals surface area contributed by atoms with Crippen LogP contribution in [0.4, 0.5) is 11.4 Å². The molecule has 6 heteroatoms. The first-order valence-electron chi connectivity index (χ1n) is 12.5. The highest BCUT2D eigenvalue weighted by atomic mass is 16.2. The number of para-hydroxylation sites is 2. The average molecular weight is 459 g/mol. The zero-order valence-corrected chi connectivity index (χ0v) is 20.1. The molecule has 0 radical (unpaired) electrons. The summed E-state index contributed by atoms with van der Waals surface area (Å²) < 4.78 is 0. The van der Waals surface area contributed by atoms with Crippen molar-refractivity contribution in [2.75, 3.05) is 16.8 Å². The lowest BCUT2D eigenvalue weighted by Crippen LogP contribution is -2.45. The molecule has 0 spiro atoms. The Kier molecular flexibility index (Phi) is 6.15. The van der Waals surface area contributed by atoms with Crippen molar-refractivity contribution in [3.05, 3.63) is 65.6 Å². The lowest BCUT2D eigenvalue weighted by Gasteiger charge is -2.38. The van der Waals surface area contributed by atoms with Crippen molar-refractivity contribution >= 4 is 23.1 Å². The molecular weight excluding hydrogens is 424 g/mol. The van der Waals surface area contributed by atoms with Crippen LogP contribution in [0.1, 0.15) is 70.4 Å². The Morgan fingerprint density at radius 2 is 1.82 bits per heavy atom. The normalized spacial score (nSPS) is 22.4. The predicted octanol–water partition coefficient (Wildman–Crippen LogP) is 5.15. The summed E-state index contributed by atoms with van der Waals surface area (Å²) in [7, 11) is 0. The summed E-state index contributed by atoms with van der Waals surface area (Å²) in [5.41, 5.74) is 4.46. The standard InChI is InChI=1S/C28H34N4O2/c1-28(2)16-22-26(24(33)17-28)27(19-12-14-29-15-13-19)32(23-11-7-6-10-21(23)31-22)18-25(34)30-20-8-4-3-5-9-20/h6-7,10-15,20,27,31H,3-5,8-9,16-18H2,1-2H3,(H,30,34). The molecule has 1 aromatic heterocycles. The van der Waals surface area contributed by atoms with E-state index in [1.807, 2.05) is 36.4 Å². The van der Waals surface area contributed by atoms with Gasteiger partial charge in [0.25, 0.3) is 0 Å². The van der Waals surface area contributed by atoms with E-state index in [0.29, 0.717) is 6.42 Å². The molecule has 3 aliphatic rings. The highest BCUT2D eigenvalue weighted by Crippen LogP contribution is 2.48. The van der Waals surface area contributed by atoms with Gasteiger partial charge in [0.1, 0.15) is 0 Å². The molecule has 0 saturated heterocycles. The smallest absolute Gasteiger partial charge is 0.239 e. The van der Waals surface area contributed by atoms with E-state index in [1.54, 1.807) is 12.4 Å². The number of benzene rings is 1. The minimum atomic E-state index is -0.352. The highest BCUT2D eigenvalue weighted by Gasteiger charge is 2.42. The summed E-state index contributed by atoms with van der Waals surface area (Å²) in [5, 5.41) is 6.87. The lowest BCUT2D eigenvalue weighted by atomic mass is 9.73. The molecule has 1 aliphatic heterocycles. The van der Waals surface area contributed by atoms with Crippen molar-refractivity contribution in [1.82, 2.24) is 10.3 Å². The molecule has 1 amide bonds. The summed E-state index contributed by atoms with van der Waals surface area (Å²) in [5.74, 6) is 0.152. The number of anilines is 2. The second kappa shape index (κ2) is 9.24. The van der Waals surface area contributed by atoms with Gasteiger partial charge >= 0.3 is 0 Å². The molecule has 1 saturated carbocycles. The first kappa shape index (κ1) is 22.6. The number of nitrogens with one attached hydrogen (secondary N) is 2. The zero-order chi connectivity index (χ0) is 23.7. The van der Waals surface area contributed by atoms with Crippen molar-refractivity contribution in [1.29, 1.82) is 0 Å². The quantitative estimate of drug-likeness (QED) is 0.663. The van der Waals surface area contributed by atoms with E-state index in [-0.39, 0.29) is 35.7 Å². The van der Waals surface area contributed by atoms with Crippen LogP contribution < -0.4 is 15.5 Å². The summed E-state index contributed by atoms with van der Waals surface area (Å²) in [6, 6.07) is 11.9. The Morgan fingerprint density at radius 3 is 2.59 bits per heavy atom. The number of fused-ring (bicyclic) bond motifs is 1. The SMILES string of the molecule is CC1(C)CC(=O)C2=C(C1)Nc1ccccc1N(CC(=O)NC1CCCCC1)C2c1ccncc1. The summed E-state index contributed by atoms with van der Waals surface area (Å²) in [6.45, 7) is 4.48. The molecule has 1 aromatic carbocycles. The molecule has 178 valence electrons. The number of amides is 1. The second-order valence-electron chi connectivity index (χ2n) is 10.7. The molecule has 2 aliphatic carbocycles. The summed E-state index contributed by atoms with van der Waals surface area (Å²) >= 11 is 0. The van der Waals surface area contributed by atoms with Gasteiger partial charge in [0.2, 0.25) is 5.91 Å². The molecule has 2 aromatic rings. The Labute approximate surface area is 201 Å². The molecule has 2 heterocycles. The van der Waals surface area contributed by atoms with Crippen LogP contribution in [0.5, 0.6) is 0 Å². The Balaban J connectivity index is 1.59. The van der Waals surface area contributed by atoms with Crippen LogP contribution in [-0.2, 0) is 9.59 Å². The fourth-order valence-corrected chi connectivity index (χ4v) is 5.79. The fraction of sp³-hybridized carbons (Fsp3) is 0.464. The van der Waals surface area contributed by atoms with E-state index in [1.165, 1.54) is 19.3 Å². The monoisotopic (exact) mass is 458 g/mol. The van der Waals surface area contributed by atoms with Crippen molar-refractivity contribution in [3.8, 4) is 0 Å². The minimum Gasteiger partial charge on any atom is -0.357 e. The van der Waals surface area contributed by atoms with Crippen molar-refractivity contribution < 1.29 is 9.59 Å². The maximum atomic E-state index is 13.6. The van der Waals surface area contributed by atoms with E-state index in [4.69, 9.17) is 0 Å². The van der Waals surface area contributed by atoms with Crippen molar-refractivity contribution in [3.63, 3.8) is 0 Å². The van der Waals surface area contributed by atoms with Gasteiger partial charge in [-0.2, -0.15) is 0 Å². The third kappa shape index (κ3) is 4.59. The van der Waals surface area contributed by atoms with E-state index < -0.39 is 0 Å². The molecule has 6 nitrogen and oxygen atoms in total. The zero-order valence-electron chi connectivity index (χ0n) is 20.1. The first-order chi connectivity index (χ1) is 16.4. The predicted molar refractivity (Wildman–Crippen MR) is 134 cm³/mol. The van der Waals surface area contributed by atoms with Crippen LogP contribution in [0.3, 0.4) is 0 Å². The van der Waals surface area contributed by atoms with Gasteiger partial charge in [-0.15, -0.1) is 0 Å². The van der Waals surface area contributed by atoms with Gasteiger partial charge in [0, 0.05) is 36.1 Å². The van der Waals surface area contributed by atoms with E-state index in [9.17, 15) is 9.59 Å². The molecule has 34 heavy (non-hydrogen) atoms. The Morgan fingerprint density at radius 1 is 1.09 bits per heavy atom. The molecule has 1 fully saturated rings. The number of hydrogen-bond donors (Lipinski definition) is 2. The first-order valence-corrected chi connectivity index (χ1v) is 12.5. The number of rotatable bonds is 4. The molecule has 2 N–H and O–H groups in total. The van der Waals surface area contributed by atoms with Crippen LogP contribution in [0.25, 0.3) is 0 Å². The van der Waals surface area contributed by atoms with Crippen LogP contribution in [0.2, 0.25) is 0 Å². The number of allylic oxidation sites excluding steroid dienone is 1. The third-order valence-corrected chi connectivity index (χ3v) is 7.31. The highest BCUT2D eigenvalue weighted by molar-refractivity contribution is 6.01. The minimum absolute atomic E-state index is 0.00778. The number of nitrogens with zero attached hydrogens (tertiary/aromatic N) is 2. The van der Waals surface area contributed by atoms with Gasteiger partial charge in [0.05, 0.1) is 24.0 Å². The van der Waals surface area contributed by atoms with Gasteiger partial charge in [-0.05, 0) is 54.5 Å². The number of hydrogen-bond acceptors (Lipinski definition) is 5. The lowest BCUT2D eigenvalue weighted by molar-refractivity contribution is -0.121. The van der Waals surface area contributed by atoms with Crippen molar-refractivity contribution in [2.24, 2.45) is 5.41 Å². The molecule has 5 rings (SSSR count).